The highest BCUT2D eigenvalue weighted by Crippen LogP contribution is 2.21. The number of nitrogens with zero attached hydrogens (tertiary/aromatic N) is 2. The monoisotopic (exact) mass is 247 g/mol. The van der Waals surface area contributed by atoms with Crippen LogP contribution in [0.3, 0.4) is 0 Å². The van der Waals surface area contributed by atoms with Crippen molar-refractivity contribution in [2.75, 3.05) is 25.5 Å². The normalized spacial score (nSPS) is 16.7. The largest absolute Gasteiger partial charge is 0.387 e. The van der Waals surface area contributed by atoms with E-state index in [1.54, 1.807) is 12.3 Å². The van der Waals surface area contributed by atoms with Gasteiger partial charge in [0.2, 0.25) is 0 Å². The van der Waals surface area contributed by atoms with E-state index in [0.29, 0.717) is 5.69 Å². The molecule has 0 aromatic carbocycles. The molecule has 2 heterocycles. The summed E-state index contributed by atoms with van der Waals surface area (Å²) in [6.07, 6.45) is 5.16. The summed E-state index contributed by atoms with van der Waals surface area (Å²) >= 11 is 0. The van der Waals surface area contributed by atoms with Crippen molar-refractivity contribution < 1.29 is 4.79 Å². The third-order valence-electron chi connectivity index (χ3n) is 3.75. The van der Waals surface area contributed by atoms with Gasteiger partial charge in [-0.3, -0.25) is 4.79 Å². The molecule has 98 valence electrons. The molecule has 0 unspecified atom stereocenters. The molecule has 0 saturated carbocycles. The summed E-state index contributed by atoms with van der Waals surface area (Å²) in [6, 6.07) is 3.68. The predicted octanol–water partition coefficient (Wildman–Crippen LogP) is 2.39. The number of carbonyl (C=O) groups is 1. The Kier molecular flexibility index (Phi) is 4.18. The summed E-state index contributed by atoms with van der Waals surface area (Å²) in [5, 5.41) is 3.00. The molecule has 1 saturated heterocycles. The summed E-state index contributed by atoms with van der Waals surface area (Å²) in [5.41, 5.74) is 1.47. The van der Waals surface area contributed by atoms with Crippen LogP contribution in [0.25, 0.3) is 0 Å². The van der Waals surface area contributed by atoms with Crippen LogP contribution in [0.2, 0.25) is 0 Å². The van der Waals surface area contributed by atoms with Crippen molar-refractivity contribution in [3.05, 3.63) is 24.0 Å². The first-order valence-electron chi connectivity index (χ1n) is 6.67. The molecular formula is C14H21N3O. The smallest absolute Gasteiger partial charge is 0.272 e. The molecule has 0 radical (unpaired) electrons. The van der Waals surface area contributed by atoms with Gasteiger partial charge in [-0.05, 0) is 30.9 Å². The van der Waals surface area contributed by atoms with Crippen molar-refractivity contribution in [2.45, 2.75) is 26.2 Å². The number of amides is 1. The molecule has 0 bridgehead atoms. The molecule has 4 heteroatoms. The zero-order valence-corrected chi connectivity index (χ0v) is 11.1. The predicted molar refractivity (Wildman–Crippen MR) is 72.7 cm³/mol. The van der Waals surface area contributed by atoms with Crippen LogP contribution in [0.4, 0.5) is 5.69 Å². The van der Waals surface area contributed by atoms with Crippen molar-refractivity contribution in [1.29, 1.82) is 0 Å². The van der Waals surface area contributed by atoms with Crippen molar-refractivity contribution in [3.8, 4) is 0 Å². The fourth-order valence-corrected chi connectivity index (χ4v) is 2.37. The van der Waals surface area contributed by atoms with Crippen LogP contribution in [0.5, 0.6) is 0 Å². The maximum atomic E-state index is 12.2. The van der Waals surface area contributed by atoms with E-state index in [9.17, 15) is 4.79 Å². The first-order valence-corrected chi connectivity index (χ1v) is 6.67. The Balaban J connectivity index is 1.98. The van der Waals surface area contributed by atoms with Crippen LogP contribution < -0.4 is 5.32 Å². The second-order valence-corrected chi connectivity index (χ2v) is 4.83. The minimum Gasteiger partial charge on any atom is -0.387 e. The number of aromatic nitrogens is 1. The fourth-order valence-electron chi connectivity index (χ4n) is 2.37. The van der Waals surface area contributed by atoms with Crippen molar-refractivity contribution in [1.82, 2.24) is 9.88 Å². The van der Waals surface area contributed by atoms with Crippen LogP contribution >= 0.6 is 0 Å². The van der Waals surface area contributed by atoms with Crippen molar-refractivity contribution in [3.63, 3.8) is 0 Å². The summed E-state index contributed by atoms with van der Waals surface area (Å²) in [4.78, 5) is 18.4. The first kappa shape index (κ1) is 12.9. The van der Waals surface area contributed by atoms with Crippen LogP contribution in [-0.2, 0) is 0 Å². The Hall–Kier alpha value is -1.58. The van der Waals surface area contributed by atoms with E-state index < -0.39 is 0 Å². The molecule has 4 nitrogen and oxygen atoms in total. The Labute approximate surface area is 108 Å². The Morgan fingerprint density at radius 2 is 2.17 bits per heavy atom. The highest BCUT2D eigenvalue weighted by Gasteiger charge is 2.23. The summed E-state index contributed by atoms with van der Waals surface area (Å²) in [7, 11) is 1.84. The summed E-state index contributed by atoms with van der Waals surface area (Å²) in [5.74, 6) is 0.848. The van der Waals surface area contributed by atoms with Gasteiger partial charge in [0, 0.05) is 20.1 Å². The minimum atomic E-state index is 0.0622. The van der Waals surface area contributed by atoms with E-state index in [1.165, 1.54) is 6.42 Å². The summed E-state index contributed by atoms with van der Waals surface area (Å²) < 4.78 is 0. The third kappa shape index (κ3) is 2.81. The third-order valence-corrected chi connectivity index (χ3v) is 3.75. The Morgan fingerprint density at radius 1 is 1.44 bits per heavy atom. The van der Waals surface area contributed by atoms with Gasteiger partial charge in [-0.25, -0.2) is 4.98 Å². The second-order valence-electron chi connectivity index (χ2n) is 4.83. The topological polar surface area (TPSA) is 45.2 Å². The molecule has 2 rings (SSSR count). The average Bonchev–Trinajstić information content (AvgIpc) is 2.47. The molecule has 0 aliphatic carbocycles. The van der Waals surface area contributed by atoms with Crippen LogP contribution in [-0.4, -0.2) is 35.9 Å². The number of carbonyl (C=O) groups excluding carboxylic acids is 1. The van der Waals surface area contributed by atoms with E-state index in [1.807, 2.05) is 18.0 Å². The van der Waals surface area contributed by atoms with Gasteiger partial charge in [0.1, 0.15) is 5.69 Å². The number of hydrogen-bond acceptors (Lipinski definition) is 3. The number of rotatable bonds is 3. The van der Waals surface area contributed by atoms with E-state index in [2.05, 4.69) is 17.2 Å². The molecule has 1 N–H and O–H groups in total. The van der Waals surface area contributed by atoms with Gasteiger partial charge in [-0.1, -0.05) is 13.3 Å². The molecule has 1 aromatic heterocycles. The lowest BCUT2D eigenvalue weighted by Crippen LogP contribution is -2.38. The van der Waals surface area contributed by atoms with Gasteiger partial charge in [-0.15, -0.1) is 0 Å². The summed E-state index contributed by atoms with van der Waals surface area (Å²) in [6.45, 7) is 3.96. The lowest BCUT2D eigenvalue weighted by Gasteiger charge is -2.31. The average molecular weight is 247 g/mol. The van der Waals surface area contributed by atoms with Crippen molar-refractivity contribution >= 4 is 11.6 Å². The number of hydrogen-bond donors (Lipinski definition) is 1. The molecule has 1 aliphatic rings. The minimum absolute atomic E-state index is 0.0622. The Morgan fingerprint density at radius 3 is 2.67 bits per heavy atom. The molecule has 18 heavy (non-hydrogen) atoms. The molecule has 1 amide bonds. The van der Waals surface area contributed by atoms with E-state index in [-0.39, 0.29) is 5.91 Å². The second kappa shape index (κ2) is 5.85. The fraction of sp³-hybridized carbons (Fsp3) is 0.571. The first-order chi connectivity index (χ1) is 8.74. The van der Waals surface area contributed by atoms with Crippen LogP contribution in [0.1, 0.15) is 36.7 Å². The van der Waals surface area contributed by atoms with Gasteiger partial charge in [0.05, 0.1) is 11.9 Å². The standard InChI is InChI=1S/C14H21N3O/c1-3-11-6-8-17(9-7-11)14(18)13-5-4-12(15-2)10-16-13/h4-5,10-11,15H,3,6-9H2,1-2H3. The molecule has 0 spiro atoms. The number of anilines is 1. The van der Waals surface area contributed by atoms with Gasteiger partial charge in [0.15, 0.2) is 0 Å². The zero-order valence-electron chi connectivity index (χ0n) is 11.1. The number of piperidine rings is 1. The molecule has 0 atom stereocenters. The van der Waals surface area contributed by atoms with E-state index in [0.717, 1.165) is 37.5 Å². The maximum Gasteiger partial charge on any atom is 0.272 e. The molecular weight excluding hydrogens is 226 g/mol. The van der Waals surface area contributed by atoms with Gasteiger partial charge in [-0.2, -0.15) is 0 Å². The number of likely N-dealkylation sites (tertiary alicyclic amines) is 1. The van der Waals surface area contributed by atoms with Gasteiger partial charge < -0.3 is 10.2 Å². The van der Waals surface area contributed by atoms with Crippen molar-refractivity contribution in [2.24, 2.45) is 5.92 Å². The quantitative estimate of drug-likeness (QED) is 0.892. The molecule has 1 aromatic rings. The number of nitrogens with one attached hydrogen (secondary N) is 1. The molecule has 1 fully saturated rings. The van der Waals surface area contributed by atoms with Gasteiger partial charge >= 0.3 is 0 Å². The lowest BCUT2D eigenvalue weighted by molar-refractivity contribution is 0.0683. The number of pyridine rings is 1. The lowest BCUT2D eigenvalue weighted by atomic mass is 9.94. The van der Waals surface area contributed by atoms with Crippen LogP contribution in [0, 0.1) is 5.92 Å². The van der Waals surface area contributed by atoms with E-state index >= 15 is 0 Å². The zero-order chi connectivity index (χ0) is 13.0. The molecule has 1 aliphatic heterocycles. The Bertz CT molecular complexity index is 394. The van der Waals surface area contributed by atoms with Crippen LogP contribution in [0.15, 0.2) is 18.3 Å². The highest BCUT2D eigenvalue weighted by molar-refractivity contribution is 5.92. The highest BCUT2D eigenvalue weighted by atomic mass is 16.2. The maximum absolute atomic E-state index is 12.2. The van der Waals surface area contributed by atoms with Gasteiger partial charge in [0.25, 0.3) is 5.91 Å². The van der Waals surface area contributed by atoms with E-state index in [4.69, 9.17) is 0 Å². The SMILES string of the molecule is CCC1CCN(C(=O)c2ccc(NC)cn2)CC1.